The Kier molecular flexibility index (Phi) is 5.57. The highest BCUT2D eigenvalue weighted by Crippen LogP contribution is 2.29. The summed E-state index contributed by atoms with van der Waals surface area (Å²) in [6.45, 7) is 9.44. The summed E-state index contributed by atoms with van der Waals surface area (Å²) < 4.78 is 13.3. The fourth-order valence-corrected chi connectivity index (χ4v) is 2.76. The number of rotatable bonds is 7. The van der Waals surface area contributed by atoms with Crippen molar-refractivity contribution >= 4 is 0 Å². The Bertz CT molecular complexity index is 400. The Morgan fingerprint density at radius 1 is 1.55 bits per heavy atom. The molecule has 5 nitrogen and oxygen atoms in total. The third-order valence-electron chi connectivity index (χ3n) is 4.13. The maximum Gasteiger partial charge on any atom is 0.0952 e. The number of imidazole rings is 1. The summed E-state index contributed by atoms with van der Waals surface area (Å²) in [5.41, 5.74) is 7.53. The molecule has 2 heterocycles. The van der Waals surface area contributed by atoms with Crippen LogP contribution in [-0.4, -0.2) is 36.0 Å². The van der Waals surface area contributed by atoms with E-state index in [1.54, 1.807) is 0 Å². The minimum atomic E-state index is -0.0112. The van der Waals surface area contributed by atoms with E-state index in [0.717, 1.165) is 31.9 Å². The predicted octanol–water partition coefficient (Wildman–Crippen LogP) is 2.15. The lowest BCUT2D eigenvalue weighted by atomic mass is 9.96. The third kappa shape index (κ3) is 3.40. The Morgan fingerprint density at radius 3 is 2.95 bits per heavy atom. The lowest BCUT2D eigenvalue weighted by Gasteiger charge is -2.27. The average Bonchev–Trinajstić information content (AvgIpc) is 3.09. The molecule has 1 fully saturated rings. The summed E-state index contributed by atoms with van der Waals surface area (Å²) >= 11 is 0. The van der Waals surface area contributed by atoms with Crippen molar-refractivity contribution in [3.8, 4) is 0 Å². The second-order valence-corrected chi connectivity index (χ2v) is 5.85. The monoisotopic (exact) mass is 281 g/mol. The van der Waals surface area contributed by atoms with E-state index in [1.807, 2.05) is 19.4 Å². The molecule has 0 amide bonds. The minimum Gasteiger partial charge on any atom is -0.381 e. The van der Waals surface area contributed by atoms with Crippen molar-refractivity contribution in [3.63, 3.8) is 0 Å². The van der Waals surface area contributed by atoms with Gasteiger partial charge in [0.1, 0.15) is 0 Å². The van der Waals surface area contributed by atoms with Crippen LogP contribution in [0, 0.1) is 11.8 Å². The largest absolute Gasteiger partial charge is 0.381 e. The molecule has 114 valence electrons. The van der Waals surface area contributed by atoms with Gasteiger partial charge in [0, 0.05) is 25.3 Å². The number of aromatic nitrogens is 2. The molecule has 0 radical (unpaired) electrons. The topological polar surface area (TPSA) is 62.3 Å². The van der Waals surface area contributed by atoms with E-state index in [1.165, 1.54) is 0 Å². The lowest BCUT2D eigenvalue weighted by molar-refractivity contribution is 0.0942. The smallest absolute Gasteiger partial charge is 0.0952 e. The van der Waals surface area contributed by atoms with Gasteiger partial charge in [0.05, 0.1) is 37.3 Å². The van der Waals surface area contributed by atoms with Gasteiger partial charge in [-0.25, -0.2) is 4.98 Å². The highest BCUT2D eigenvalue weighted by atomic mass is 16.5. The van der Waals surface area contributed by atoms with E-state index in [9.17, 15) is 0 Å². The maximum absolute atomic E-state index is 6.43. The normalized spacial score (nSPS) is 22.4. The molecule has 1 aromatic heterocycles. The van der Waals surface area contributed by atoms with E-state index in [2.05, 4.69) is 23.4 Å². The molecule has 0 spiro atoms. The van der Waals surface area contributed by atoms with E-state index < -0.39 is 0 Å². The second kappa shape index (κ2) is 7.20. The molecule has 2 rings (SSSR count). The van der Waals surface area contributed by atoms with Crippen LogP contribution < -0.4 is 5.73 Å². The van der Waals surface area contributed by atoms with Crippen LogP contribution in [0.2, 0.25) is 0 Å². The summed E-state index contributed by atoms with van der Waals surface area (Å²) in [7, 11) is 0. The third-order valence-corrected chi connectivity index (χ3v) is 4.13. The molecule has 0 aromatic carbocycles. The van der Waals surface area contributed by atoms with Crippen LogP contribution in [0.25, 0.3) is 0 Å². The van der Waals surface area contributed by atoms with E-state index in [0.29, 0.717) is 18.4 Å². The first kappa shape index (κ1) is 15.5. The Hall–Kier alpha value is -0.910. The fourth-order valence-electron chi connectivity index (χ4n) is 2.76. The Balaban J connectivity index is 2.16. The van der Waals surface area contributed by atoms with Gasteiger partial charge < -0.3 is 19.8 Å². The molecule has 1 saturated heterocycles. The molecular weight excluding hydrogens is 254 g/mol. The minimum absolute atomic E-state index is 0.0112. The van der Waals surface area contributed by atoms with Gasteiger partial charge in [0.15, 0.2) is 0 Å². The molecular formula is C15H27N3O2. The molecule has 0 saturated carbocycles. The molecule has 2 N–H and O–H groups in total. The first-order valence-electron chi connectivity index (χ1n) is 7.58. The van der Waals surface area contributed by atoms with E-state index >= 15 is 0 Å². The van der Waals surface area contributed by atoms with Crippen molar-refractivity contribution in [1.82, 2.24) is 9.55 Å². The van der Waals surface area contributed by atoms with Gasteiger partial charge in [0.25, 0.3) is 0 Å². The highest BCUT2D eigenvalue weighted by molar-refractivity contribution is 5.08. The standard InChI is InChI=1S/C15H27N3O2/c1-4-19-9-14(11(2)3)18-10-17-7-13(18)15(16)12-5-6-20-8-12/h7,10-12,14-15H,4-6,8-9,16H2,1-3H3. The van der Waals surface area contributed by atoms with Crippen LogP contribution in [0.3, 0.4) is 0 Å². The van der Waals surface area contributed by atoms with Crippen molar-refractivity contribution in [2.45, 2.75) is 39.3 Å². The van der Waals surface area contributed by atoms with Crippen molar-refractivity contribution < 1.29 is 9.47 Å². The molecule has 3 unspecified atom stereocenters. The summed E-state index contributed by atoms with van der Waals surface area (Å²) in [6.07, 6.45) is 4.81. The Morgan fingerprint density at radius 2 is 2.35 bits per heavy atom. The van der Waals surface area contributed by atoms with Crippen LogP contribution in [-0.2, 0) is 9.47 Å². The SMILES string of the molecule is CCOCC(C(C)C)n1cncc1C(N)C1CCOC1. The molecule has 3 atom stereocenters. The van der Waals surface area contributed by atoms with Gasteiger partial charge >= 0.3 is 0 Å². The Labute approximate surface area is 121 Å². The maximum atomic E-state index is 6.43. The molecule has 1 aromatic rings. The number of nitrogens with two attached hydrogens (primary N) is 1. The van der Waals surface area contributed by atoms with Gasteiger partial charge in [-0.3, -0.25) is 0 Å². The van der Waals surface area contributed by atoms with Crippen molar-refractivity contribution in [2.24, 2.45) is 17.6 Å². The van der Waals surface area contributed by atoms with Gasteiger partial charge in [0.2, 0.25) is 0 Å². The molecule has 20 heavy (non-hydrogen) atoms. The molecule has 0 aliphatic carbocycles. The number of ether oxygens (including phenoxy) is 2. The van der Waals surface area contributed by atoms with Crippen molar-refractivity contribution in [2.75, 3.05) is 26.4 Å². The summed E-state index contributed by atoms with van der Waals surface area (Å²) in [5.74, 6) is 0.867. The first-order chi connectivity index (χ1) is 9.65. The van der Waals surface area contributed by atoms with Crippen LogP contribution >= 0.6 is 0 Å². The summed E-state index contributed by atoms with van der Waals surface area (Å²) in [6, 6.07) is 0.267. The summed E-state index contributed by atoms with van der Waals surface area (Å²) in [4.78, 5) is 4.31. The van der Waals surface area contributed by atoms with Crippen molar-refractivity contribution in [1.29, 1.82) is 0 Å². The zero-order valence-corrected chi connectivity index (χ0v) is 12.8. The first-order valence-corrected chi connectivity index (χ1v) is 7.58. The van der Waals surface area contributed by atoms with Crippen LogP contribution in [0.15, 0.2) is 12.5 Å². The van der Waals surface area contributed by atoms with E-state index in [4.69, 9.17) is 15.2 Å². The van der Waals surface area contributed by atoms with Crippen LogP contribution in [0.5, 0.6) is 0 Å². The predicted molar refractivity (Wildman–Crippen MR) is 78.4 cm³/mol. The highest BCUT2D eigenvalue weighted by Gasteiger charge is 2.28. The van der Waals surface area contributed by atoms with Gasteiger partial charge in [-0.1, -0.05) is 13.8 Å². The summed E-state index contributed by atoms with van der Waals surface area (Å²) in [5, 5.41) is 0. The number of hydrogen-bond donors (Lipinski definition) is 1. The average molecular weight is 281 g/mol. The number of nitrogens with zero attached hydrogens (tertiary/aromatic N) is 2. The molecule has 1 aliphatic heterocycles. The zero-order valence-electron chi connectivity index (χ0n) is 12.8. The van der Waals surface area contributed by atoms with Crippen LogP contribution in [0.4, 0.5) is 0 Å². The molecule has 1 aliphatic rings. The van der Waals surface area contributed by atoms with Gasteiger partial charge in [-0.15, -0.1) is 0 Å². The molecule has 5 heteroatoms. The fraction of sp³-hybridized carbons (Fsp3) is 0.800. The lowest BCUT2D eigenvalue weighted by Crippen LogP contribution is -2.28. The van der Waals surface area contributed by atoms with Gasteiger partial charge in [-0.2, -0.15) is 0 Å². The second-order valence-electron chi connectivity index (χ2n) is 5.85. The van der Waals surface area contributed by atoms with Crippen molar-refractivity contribution in [3.05, 3.63) is 18.2 Å². The van der Waals surface area contributed by atoms with Gasteiger partial charge in [-0.05, 0) is 19.3 Å². The van der Waals surface area contributed by atoms with Crippen LogP contribution in [0.1, 0.15) is 45.0 Å². The quantitative estimate of drug-likeness (QED) is 0.832. The molecule has 0 bridgehead atoms. The number of hydrogen-bond acceptors (Lipinski definition) is 4. The zero-order chi connectivity index (χ0) is 14.5. The van der Waals surface area contributed by atoms with E-state index in [-0.39, 0.29) is 12.1 Å².